The molecule has 2 aliphatic rings. The molecule has 2 aliphatic heterocycles. The third-order valence-corrected chi connectivity index (χ3v) is 6.26. The molecule has 0 radical (unpaired) electrons. The zero-order valence-corrected chi connectivity index (χ0v) is 18.1. The minimum Gasteiger partial charge on any atom is -0.464 e. The highest BCUT2D eigenvalue weighted by atomic mass is 16.3. The van der Waals surface area contributed by atoms with E-state index in [9.17, 15) is 14.7 Å². The van der Waals surface area contributed by atoms with E-state index in [-0.39, 0.29) is 12.6 Å². The van der Waals surface area contributed by atoms with Crippen LogP contribution >= 0.6 is 0 Å². The molecule has 33 heavy (non-hydrogen) atoms. The number of hydrogen-bond acceptors (Lipinski definition) is 6. The highest BCUT2D eigenvalue weighted by molar-refractivity contribution is 6.31. The first kappa shape index (κ1) is 21.2. The zero-order valence-electron chi connectivity index (χ0n) is 18.1. The Balaban J connectivity index is 1.36. The van der Waals surface area contributed by atoms with Crippen molar-refractivity contribution in [3.63, 3.8) is 0 Å². The summed E-state index contributed by atoms with van der Waals surface area (Å²) < 4.78 is 5.46. The van der Waals surface area contributed by atoms with Crippen LogP contribution in [0.15, 0.2) is 71.5 Å². The van der Waals surface area contributed by atoms with Crippen molar-refractivity contribution in [1.29, 1.82) is 0 Å². The van der Waals surface area contributed by atoms with Gasteiger partial charge in [-0.2, -0.15) is 0 Å². The van der Waals surface area contributed by atoms with Crippen molar-refractivity contribution in [3.8, 4) is 11.3 Å². The minimum absolute atomic E-state index is 0.195. The maximum absolute atomic E-state index is 12.6. The van der Waals surface area contributed by atoms with Gasteiger partial charge in [-0.25, -0.2) is 0 Å². The SMILES string of the molecule is O=C1NC(=O)c2ccc(-c3ccco3)cc2/C1=C/Nc1ccc(CN2CCC[C@H]2CO)cc1. The Morgan fingerprint density at radius 2 is 1.94 bits per heavy atom. The molecule has 1 atom stereocenters. The molecular formula is C26H25N3O4. The maximum Gasteiger partial charge on any atom is 0.260 e. The summed E-state index contributed by atoms with van der Waals surface area (Å²) in [5.41, 5.74) is 4.18. The van der Waals surface area contributed by atoms with Crippen molar-refractivity contribution in [2.24, 2.45) is 0 Å². The summed E-state index contributed by atoms with van der Waals surface area (Å²) >= 11 is 0. The van der Waals surface area contributed by atoms with Crippen molar-refractivity contribution in [2.45, 2.75) is 25.4 Å². The number of amides is 2. The second kappa shape index (κ2) is 9.05. The fourth-order valence-corrected chi connectivity index (χ4v) is 4.47. The summed E-state index contributed by atoms with van der Waals surface area (Å²) in [6.07, 6.45) is 5.37. The van der Waals surface area contributed by atoms with Crippen molar-refractivity contribution in [3.05, 3.63) is 83.8 Å². The topological polar surface area (TPSA) is 94.8 Å². The number of likely N-dealkylation sites (tertiary alicyclic amines) is 1. The molecule has 0 aliphatic carbocycles. The van der Waals surface area contributed by atoms with Gasteiger partial charge >= 0.3 is 0 Å². The van der Waals surface area contributed by atoms with Crippen LogP contribution in [0, 0.1) is 0 Å². The number of aliphatic hydroxyl groups excluding tert-OH is 1. The molecule has 5 rings (SSSR count). The summed E-state index contributed by atoms with van der Waals surface area (Å²) in [7, 11) is 0. The quantitative estimate of drug-likeness (QED) is 0.398. The molecule has 3 aromatic rings. The number of benzene rings is 2. The number of nitrogens with one attached hydrogen (secondary N) is 2. The van der Waals surface area contributed by atoms with E-state index in [0.29, 0.717) is 22.5 Å². The zero-order chi connectivity index (χ0) is 22.8. The third kappa shape index (κ3) is 4.33. The van der Waals surface area contributed by atoms with Crippen molar-refractivity contribution >= 4 is 23.1 Å². The molecule has 1 fully saturated rings. The number of rotatable bonds is 6. The molecule has 7 nitrogen and oxygen atoms in total. The number of aliphatic hydroxyl groups is 1. The number of carbonyl (C=O) groups excluding carboxylic acids is 2. The molecule has 0 spiro atoms. The Morgan fingerprint density at radius 3 is 2.70 bits per heavy atom. The van der Waals surface area contributed by atoms with E-state index in [1.54, 1.807) is 36.7 Å². The highest BCUT2D eigenvalue weighted by Gasteiger charge is 2.28. The Kier molecular flexibility index (Phi) is 5.81. The molecule has 0 unspecified atom stereocenters. The number of anilines is 1. The van der Waals surface area contributed by atoms with Crippen LogP contribution in [-0.4, -0.2) is 41.0 Å². The van der Waals surface area contributed by atoms with Gasteiger partial charge in [-0.1, -0.05) is 18.2 Å². The van der Waals surface area contributed by atoms with Crippen molar-refractivity contribution < 1.29 is 19.1 Å². The maximum atomic E-state index is 12.6. The Bertz CT molecular complexity index is 1200. The highest BCUT2D eigenvalue weighted by Crippen LogP contribution is 2.30. The van der Waals surface area contributed by atoms with Gasteiger partial charge in [-0.15, -0.1) is 0 Å². The molecular weight excluding hydrogens is 418 g/mol. The molecule has 0 saturated carbocycles. The van der Waals surface area contributed by atoms with Gasteiger partial charge < -0.3 is 14.8 Å². The van der Waals surface area contributed by atoms with Crippen LogP contribution in [0.25, 0.3) is 16.9 Å². The van der Waals surface area contributed by atoms with E-state index in [0.717, 1.165) is 37.2 Å². The predicted octanol–water partition coefficient (Wildman–Crippen LogP) is 3.63. The first-order valence-corrected chi connectivity index (χ1v) is 11.1. The van der Waals surface area contributed by atoms with Crippen LogP contribution in [0.1, 0.15) is 34.3 Å². The molecule has 2 amide bonds. The van der Waals surface area contributed by atoms with E-state index < -0.39 is 11.8 Å². The average molecular weight is 444 g/mol. The monoisotopic (exact) mass is 443 g/mol. The summed E-state index contributed by atoms with van der Waals surface area (Å²) in [6.45, 7) is 2.01. The van der Waals surface area contributed by atoms with Gasteiger partial charge in [0, 0.05) is 41.2 Å². The molecule has 2 aromatic carbocycles. The van der Waals surface area contributed by atoms with Crippen molar-refractivity contribution in [2.75, 3.05) is 18.5 Å². The summed E-state index contributed by atoms with van der Waals surface area (Å²) in [4.78, 5) is 27.2. The van der Waals surface area contributed by atoms with Crippen LogP contribution in [-0.2, 0) is 11.3 Å². The van der Waals surface area contributed by atoms with Gasteiger partial charge in [0.15, 0.2) is 0 Å². The largest absolute Gasteiger partial charge is 0.464 e. The van der Waals surface area contributed by atoms with Gasteiger partial charge in [0.25, 0.3) is 11.8 Å². The minimum atomic E-state index is -0.447. The van der Waals surface area contributed by atoms with E-state index in [2.05, 4.69) is 15.5 Å². The number of imide groups is 1. The van der Waals surface area contributed by atoms with Crippen LogP contribution in [0.5, 0.6) is 0 Å². The number of carbonyl (C=O) groups is 2. The lowest BCUT2D eigenvalue weighted by molar-refractivity contribution is -0.114. The number of hydrogen-bond donors (Lipinski definition) is 3. The molecule has 3 heterocycles. The van der Waals surface area contributed by atoms with Gasteiger partial charge in [0.1, 0.15) is 5.76 Å². The average Bonchev–Trinajstić information content (AvgIpc) is 3.52. The second-order valence-corrected chi connectivity index (χ2v) is 8.37. The molecule has 1 saturated heterocycles. The first-order valence-electron chi connectivity index (χ1n) is 11.1. The first-order chi connectivity index (χ1) is 16.1. The molecule has 168 valence electrons. The Hall–Kier alpha value is -3.68. The standard InChI is InChI=1S/C26H25N3O4/c30-16-20-3-1-11-29(20)15-17-5-8-19(9-6-17)27-14-23-22-13-18(24-4-2-12-33-24)7-10-21(22)25(31)28-26(23)32/h2,4-10,12-14,20,27,30H,1,3,11,15-16H2,(H,28,31,32)/b23-14-/t20-/m0/s1. The lowest BCUT2D eigenvalue weighted by Gasteiger charge is -2.22. The summed E-state index contributed by atoms with van der Waals surface area (Å²) in [5.74, 6) is -0.191. The fraction of sp³-hybridized carbons (Fsp3) is 0.231. The summed E-state index contributed by atoms with van der Waals surface area (Å²) in [6, 6.07) is 17.2. The fourth-order valence-electron chi connectivity index (χ4n) is 4.47. The van der Waals surface area contributed by atoms with Gasteiger partial charge in [0.2, 0.25) is 0 Å². The Labute approximate surface area is 191 Å². The van der Waals surface area contributed by atoms with E-state index in [4.69, 9.17) is 4.42 Å². The van der Waals surface area contributed by atoms with Crippen LogP contribution < -0.4 is 10.6 Å². The van der Waals surface area contributed by atoms with Crippen LogP contribution in [0.3, 0.4) is 0 Å². The van der Waals surface area contributed by atoms with E-state index in [1.165, 1.54) is 5.56 Å². The lowest BCUT2D eigenvalue weighted by atomic mass is 9.93. The number of nitrogens with zero attached hydrogens (tertiary/aromatic N) is 1. The van der Waals surface area contributed by atoms with Crippen LogP contribution in [0.4, 0.5) is 5.69 Å². The van der Waals surface area contributed by atoms with Gasteiger partial charge in [-0.3, -0.25) is 19.8 Å². The van der Waals surface area contributed by atoms with Crippen molar-refractivity contribution in [1.82, 2.24) is 10.2 Å². The molecule has 7 heteroatoms. The van der Waals surface area contributed by atoms with Gasteiger partial charge in [0.05, 0.1) is 18.4 Å². The third-order valence-electron chi connectivity index (χ3n) is 6.26. The molecule has 3 N–H and O–H groups in total. The smallest absolute Gasteiger partial charge is 0.260 e. The lowest BCUT2D eigenvalue weighted by Crippen LogP contribution is -2.36. The van der Waals surface area contributed by atoms with Gasteiger partial charge in [-0.05, 0) is 61.3 Å². The predicted molar refractivity (Wildman–Crippen MR) is 125 cm³/mol. The van der Waals surface area contributed by atoms with E-state index in [1.807, 2.05) is 30.3 Å². The molecule has 1 aromatic heterocycles. The summed E-state index contributed by atoms with van der Waals surface area (Å²) in [5, 5.41) is 15.1. The second-order valence-electron chi connectivity index (χ2n) is 8.37. The van der Waals surface area contributed by atoms with E-state index >= 15 is 0 Å². The number of furan rings is 1. The van der Waals surface area contributed by atoms with Crippen LogP contribution in [0.2, 0.25) is 0 Å². The number of fused-ring (bicyclic) bond motifs is 1. The normalized spacial score (nSPS) is 19.5. The Morgan fingerprint density at radius 1 is 1.09 bits per heavy atom. The molecule has 0 bridgehead atoms.